The van der Waals surface area contributed by atoms with Gasteiger partial charge in [-0.05, 0) is 17.7 Å². The molecule has 0 bridgehead atoms. The summed E-state index contributed by atoms with van der Waals surface area (Å²) in [7, 11) is 1.60. The van der Waals surface area contributed by atoms with Crippen LogP contribution in [-0.4, -0.2) is 40.3 Å². The molecule has 1 aromatic rings. The second kappa shape index (κ2) is 9.12. The predicted octanol–water partition coefficient (Wildman–Crippen LogP) is 1.33. The summed E-state index contributed by atoms with van der Waals surface area (Å²) in [6, 6.07) is -0.153. The van der Waals surface area contributed by atoms with Gasteiger partial charge < -0.3 is 5.32 Å². The zero-order valence-corrected chi connectivity index (χ0v) is 11.3. The van der Waals surface area contributed by atoms with Crippen LogP contribution in [0.3, 0.4) is 0 Å². The first-order chi connectivity index (χ1) is 8.33. The van der Waals surface area contributed by atoms with E-state index < -0.39 is 0 Å². The molecule has 7 heteroatoms. The molecule has 1 heterocycles. The molecule has 0 aliphatic heterocycles. The predicted molar refractivity (Wildman–Crippen MR) is 73.1 cm³/mol. The Bertz CT molecular complexity index is 323. The van der Waals surface area contributed by atoms with Crippen molar-refractivity contribution in [2.45, 2.75) is 6.42 Å². The Morgan fingerprint density at radius 1 is 1.35 bits per heavy atom. The van der Waals surface area contributed by atoms with Gasteiger partial charge in [0.25, 0.3) is 0 Å². The van der Waals surface area contributed by atoms with Crippen LogP contribution in [0.4, 0.5) is 4.79 Å². The number of thioether (sulfide) groups is 1. The van der Waals surface area contributed by atoms with E-state index >= 15 is 0 Å². The Balaban J connectivity index is 1.93. The molecule has 94 valence electrons. The summed E-state index contributed by atoms with van der Waals surface area (Å²) in [6.07, 6.45) is 6.12. The summed E-state index contributed by atoms with van der Waals surface area (Å²) in [6.45, 7) is 0. The highest BCUT2D eigenvalue weighted by Crippen LogP contribution is 2.06. The molecule has 0 saturated carbocycles. The lowest BCUT2D eigenvalue weighted by Crippen LogP contribution is -2.27. The van der Waals surface area contributed by atoms with E-state index in [1.807, 2.05) is 11.8 Å². The third kappa shape index (κ3) is 7.06. The van der Waals surface area contributed by atoms with Crippen molar-refractivity contribution in [3.63, 3.8) is 0 Å². The van der Waals surface area contributed by atoms with Gasteiger partial charge in [0.15, 0.2) is 0 Å². The molecule has 0 atom stereocenters. The summed E-state index contributed by atoms with van der Waals surface area (Å²) in [5, 5.41) is 2.50. The van der Waals surface area contributed by atoms with E-state index in [4.69, 9.17) is 0 Å². The summed E-state index contributed by atoms with van der Waals surface area (Å²) < 4.78 is 2.67. The number of amides is 2. The Hall–Kier alpha value is -0.950. The van der Waals surface area contributed by atoms with Crippen LogP contribution in [0.1, 0.15) is 5.69 Å². The molecule has 0 aliphatic carbocycles. The number of aryl methyl sites for hydroxylation is 1. The Morgan fingerprint density at radius 2 is 2.24 bits per heavy atom. The van der Waals surface area contributed by atoms with Gasteiger partial charge in [-0.15, -0.1) is 0 Å². The number of aromatic nitrogens is 2. The molecule has 0 unspecified atom stereocenters. The first-order valence-electron chi connectivity index (χ1n) is 5.25. The lowest BCUT2D eigenvalue weighted by atomic mass is 10.4. The molecule has 5 nitrogen and oxygen atoms in total. The molecule has 17 heavy (non-hydrogen) atoms. The third-order valence-corrected chi connectivity index (χ3v) is 3.82. The Kier molecular flexibility index (Phi) is 7.57. The topological polar surface area (TPSA) is 66.9 Å². The number of hydrogen-bond donors (Lipinski definition) is 2. The van der Waals surface area contributed by atoms with Crippen molar-refractivity contribution >= 4 is 29.7 Å². The van der Waals surface area contributed by atoms with Crippen molar-refractivity contribution in [2.24, 2.45) is 0 Å². The maximum Gasteiger partial charge on any atom is 0.324 e. The van der Waals surface area contributed by atoms with E-state index in [-0.39, 0.29) is 6.03 Å². The normalized spacial score (nSPS) is 9.94. The van der Waals surface area contributed by atoms with Crippen molar-refractivity contribution in [2.75, 3.05) is 24.3 Å². The molecule has 0 spiro atoms. The molecule has 0 aromatic carbocycles. The van der Waals surface area contributed by atoms with Crippen LogP contribution < -0.4 is 10.0 Å². The second-order valence-corrected chi connectivity index (χ2v) is 5.21. The zero-order chi connectivity index (χ0) is 12.3. The lowest BCUT2D eigenvalue weighted by Gasteiger charge is -2.03. The summed E-state index contributed by atoms with van der Waals surface area (Å²) in [5.74, 6) is 2.94. The fourth-order valence-electron chi connectivity index (χ4n) is 1.01. The average Bonchev–Trinajstić information content (AvgIpc) is 2.38. The standard InChI is InChI=1S/C10H16N4OS2/c1-11-10(15)14-17-7-6-16-5-2-9-8-12-3-4-13-9/h3-4,8H,2,5-7H2,1H3,(H2,11,14,15). The average molecular weight is 272 g/mol. The first-order valence-corrected chi connectivity index (χ1v) is 7.39. The molecule has 0 fully saturated rings. The van der Waals surface area contributed by atoms with Crippen LogP contribution in [0.15, 0.2) is 18.6 Å². The molecule has 2 N–H and O–H groups in total. The first kappa shape index (κ1) is 14.1. The molecule has 1 aromatic heterocycles. The molecule has 2 amide bonds. The summed E-state index contributed by atoms with van der Waals surface area (Å²) in [4.78, 5) is 19.0. The summed E-state index contributed by atoms with van der Waals surface area (Å²) >= 11 is 3.27. The maximum atomic E-state index is 10.8. The van der Waals surface area contributed by atoms with Crippen molar-refractivity contribution in [1.82, 2.24) is 20.0 Å². The largest absolute Gasteiger partial charge is 0.341 e. The van der Waals surface area contributed by atoms with Crippen LogP contribution >= 0.6 is 23.7 Å². The van der Waals surface area contributed by atoms with Crippen LogP contribution in [0.5, 0.6) is 0 Å². The van der Waals surface area contributed by atoms with Crippen LogP contribution in [-0.2, 0) is 6.42 Å². The lowest BCUT2D eigenvalue weighted by molar-refractivity contribution is 0.248. The third-order valence-electron chi connectivity index (χ3n) is 1.84. The quantitative estimate of drug-likeness (QED) is 0.579. The van der Waals surface area contributed by atoms with Crippen molar-refractivity contribution < 1.29 is 4.79 Å². The van der Waals surface area contributed by atoms with E-state index in [1.165, 1.54) is 11.9 Å². The minimum absolute atomic E-state index is 0.153. The minimum Gasteiger partial charge on any atom is -0.341 e. The van der Waals surface area contributed by atoms with Gasteiger partial charge in [-0.2, -0.15) is 11.8 Å². The number of rotatable bonds is 7. The Morgan fingerprint density at radius 3 is 2.94 bits per heavy atom. The number of urea groups is 1. The fourth-order valence-corrected chi connectivity index (χ4v) is 2.70. The molecular formula is C10H16N4OS2. The highest BCUT2D eigenvalue weighted by Gasteiger charge is 1.97. The van der Waals surface area contributed by atoms with E-state index in [2.05, 4.69) is 20.0 Å². The van der Waals surface area contributed by atoms with E-state index in [9.17, 15) is 4.79 Å². The van der Waals surface area contributed by atoms with Gasteiger partial charge >= 0.3 is 6.03 Å². The van der Waals surface area contributed by atoms with Gasteiger partial charge in [0, 0.05) is 43.6 Å². The van der Waals surface area contributed by atoms with Crippen molar-refractivity contribution in [3.8, 4) is 0 Å². The monoisotopic (exact) mass is 272 g/mol. The number of carbonyl (C=O) groups is 1. The van der Waals surface area contributed by atoms with Crippen molar-refractivity contribution in [3.05, 3.63) is 24.3 Å². The van der Waals surface area contributed by atoms with Crippen molar-refractivity contribution in [1.29, 1.82) is 0 Å². The smallest absolute Gasteiger partial charge is 0.324 e. The fraction of sp³-hybridized carbons (Fsp3) is 0.500. The zero-order valence-electron chi connectivity index (χ0n) is 9.68. The molecule has 0 saturated heterocycles. The number of hydrogen-bond acceptors (Lipinski definition) is 5. The maximum absolute atomic E-state index is 10.8. The van der Waals surface area contributed by atoms with E-state index in [1.54, 1.807) is 25.6 Å². The van der Waals surface area contributed by atoms with Gasteiger partial charge in [0.1, 0.15) is 0 Å². The minimum atomic E-state index is -0.153. The number of nitrogens with zero attached hydrogens (tertiary/aromatic N) is 2. The van der Waals surface area contributed by atoms with Gasteiger partial charge in [0.2, 0.25) is 0 Å². The SMILES string of the molecule is CNC(=O)NSCCSCCc1cnccn1. The van der Waals surface area contributed by atoms with Gasteiger partial charge in [-0.3, -0.25) is 14.7 Å². The molecule has 0 aliphatic rings. The van der Waals surface area contributed by atoms with Gasteiger partial charge in [0.05, 0.1) is 5.69 Å². The van der Waals surface area contributed by atoms with Gasteiger partial charge in [-0.1, -0.05) is 0 Å². The molecule has 0 radical (unpaired) electrons. The highest BCUT2D eigenvalue weighted by atomic mass is 32.2. The van der Waals surface area contributed by atoms with Crippen LogP contribution in [0.25, 0.3) is 0 Å². The van der Waals surface area contributed by atoms with Crippen LogP contribution in [0, 0.1) is 0 Å². The molecule has 1 rings (SSSR count). The Labute approximate surface area is 110 Å². The number of carbonyl (C=O) groups excluding carboxylic acids is 1. The number of nitrogens with one attached hydrogen (secondary N) is 2. The summed E-state index contributed by atoms with van der Waals surface area (Å²) in [5.41, 5.74) is 1.02. The van der Waals surface area contributed by atoms with E-state index in [0.717, 1.165) is 29.4 Å². The highest BCUT2D eigenvalue weighted by molar-refractivity contribution is 8.02. The van der Waals surface area contributed by atoms with Crippen LogP contribution in [0.2, 0.25) is 0 Å². The van der Waals surface area contributed by atoms with Gasteiger partial charge in [-0.25, -0.2) is 4.79 Å². The molecular weight excluding hydrogens is 256 g/mol. The second-order valence-electron chi connectivity index (χ2n) is 3.09. The van der Waals surface area contributed by atoms with E-state index in [0.29, 0.717) is 0 Å².